The van der Waals surface area contributed by atoms with E-state index in [1.54, 1.807) is 36.4 Å². The first-order valence-electron chi connectivity index (χ1n) is 8.82. The molecule has 0 bridgehead atoms. The maximum Gasteiger partial charge on any atom is 0.259 e. The number of amides is 1. The van der Waals surface area contributed by atoms with E-state index in [4.69, 9.17) is 4.74 Å². The van der Waals surface area contributed by atoms with Crippen molar-refractivity contribution in [3.05, 3.63) is 95.7 Å². The Morgan fingerprint density at radius 2 is 1.96 bits per heavy atom. The molecule has 4 aromatic rings. The third kappa shape index (κ3) is 3.71. The number of anilines is 1. The van der Waals surface area contributed by atoms with Gasteiger partial charge < -0.3 is 14.5 Å². The molecule has 0 aliphatic rings. The number of aromatic nitrogens is 2. The molecule has 2 heterocycles. The number of carbonyl (C=O) groups excluding carboxylic acids is 1. The van der Waals surface area contributed by atoms with Crippen LogP contribution in [0.15, 0.2) is 73.1 Å². The highest BCUT2D eigenvalue weighted by Crippen LogP contribution is 2.22. The van der Waals surface area contributed by atoms with Gasteiger partial charge in [-0.05, 0) is 48.9 Å². The van der Waals surface area contributed by atoms with Gasteiger partial charge in [-0.3, -0.25) is 4.79 Å². The second kappa shape index (κ2) is 7.52. The molecule has 1 amide bonds. The minimum atomic E-state index is -0.484. The first-order chi connectivity index (χ1) is 13.6. The largest absolute Gasteiger partial charge is 0.486 e. The Kier molecular flexibility index (Phi) is 4.76. The molecule has 1 N–H and O–H groups in total. The second-order valence-electron chi connectivity index (χ2n) is 6.42. The van der Waals surface area contributed by atoms with Crippen LogP contribution < -0.4 is 10.1 Å². The van der Waals surface area contributed by atoms with Crippen LogP contribution in [-0.2, 0) is 6.61 Å². The van der Waals surface area contributed by atoms with E-state index in [-0.39, 0.29) is 12.3 Å². The minimum Gasteiger partial charge on any atom is -0.486 e. The van der Waals surface area contributed by atoms with Crippen molar-refractivity contribution < 1.29 is 13.9 Å². The molecule has 0 radical (unpaired) electrons. The third-order valence-corrected chi connectivity index (χ3v) is 4.29. The molecule has 2 aromatic carbocycles. The van der Waals surface area contributed by atoms with Crippen LogP contribution in [0.1, 0.15) is 21.6 Å². The third-order valence-electron chi connectivity index (χ3n) is 4.29. The highest BCUT2D eigenvalue weighted by Gasteiger charge is 2.15. The summed E-state index contributed by atoms with van der Waals surface area (Å²) in [6, 6.07) is 17.2. The summed E-state index contributed by atoms with van der Waals surface area (Å²) in [6.07, 6.45) is 3.78. The number of rotatable bonds is 5. The number of benzene rings is 2. The van der Waals surface area contributed by atoms with Crippen molar-refractivity contribution in [2.45, 2.75) is 13.5 Å². The van der Waals surface area contributed by atoms with Gasteiger partial charge in [0.25, 0.3) is 5.91 Å². The molecule has 0 fully saturated rings. The minimum absolute atomic E-state index is 0.139. The van der Waals surface area contributed by atoms with E-state index in [1.165, 1.54) is 6.07 Å². The number of ether oxygens (including phenoxy) is 1. The fourth-order valence-corrected chi connectivity index (χ4v) is 2.91. The van der Waals surface area contributed by atoms with Gasteiger partial charge >= 0.3 is 0 Å². The lowest BCUT2D eigenvalue weighted by Gasteiger charge is -2.12. The average molecular weight is 375 g/mol. The van der Waals surface area contributed by atoms with Gasteiger partial charge in [-0.2, -0.15) is 0 Å². The molecule has 6 heteroatoms. The van der Waals surface area contributed by atoms with Gasteiger partial charge in [0.1, 0.15) is 23.8 Å². The monoisotopic (exact) mass is 375 g/mol. The molecule has 140 valence electrons. The number of nitrogens with zero attached hydrogens (tertiary/aromatic N) is 2. The Morgan fingerprint density at radius 1 is 1.14 bits per heavy atom. The zero-order chi connectivity index (χ0) is 19.5. The van der Waals surface area contributed by atoms with E-state index >= 15 is 0 Å². The molecule has 0 saturated carbocycles. The molecule has 5 nitrogen and oxygen atoms in total. The van der Waals surface area contributed by atoms with E-state index in [2.05, 4.69) is 10.3 Å². The van der Waals surface area contributed by atoms with Gasteiger partial charge in [0.05, 0.1) is 16.9 Å². The van der Waals surface area contributed by atoms with E-state index in [9.17, 15) is 9.18 Å². The summed E-state index contributed by atoms with van der Waals surface area (Å²) in [5.41, 5.74) is 2.88. The molecular weight excluding hydrogens is 357 g/mol. The first-order valence-corrected chi connectivity index (χ1v) is 8.82. The molecule has 2 aromatic heterocycles. The predicted molar refractivity (Wildman–Crippen MR) is 105 cm³/mol. The van der Waals surface area contributed by atoms with Gasteiger partial charge in [-0.15, -0.1) is 0 Å². The SMILES string of the molecule is Cc1ccc(F)c(NC(=O)c2ccccc2OCc2cn3ccccc3n2)c1. The zero-order valence-electron chi connectivity index (χ0n) is 15.2. The number of fused-ring (bicyclic) bond motifs is 1. The lowest BCUT2D eigenvalue weighted by molar-refractivity contribution is 0.102. The fraction of sp³-hybridized carbons (Fsp3) is 0.0909. The number of imidazole rings is 1. The summed E-state index contributed by atoms with van der Waals surface area (Å²) >= 11 is 0. The molecule has 0 atom stereocenters. The van der Waals surface area contributed by atoms with Crippen molar-refractivity contribution in [3.63, 3.8) is 0 Å². The number of hydrogen-bond acceptors (Lipinski definition) is 3. The van der Waals surface area contributed by atoms with E-state index in [0.717, 1.165) is 16.9 Å². The summed E-state index contributed by atoms with van der Waals surface area (Å²) in [5.74, 6) is -0.512. The molecule has 0 unspecified atom stereocenters. The van der Waals surface area contributed by atoms with Crippen LogP contribution in [0, 0.1) is 12.7 Å². The molecule has 4 rings (SSSR count). The van der Waals surface area contributed by atoms with Crippen LogP contribution in [0.2, 0.25) is 0 Å². The molecule has 28 heavy (non-hydrogen) atoms. The molecular formula is C22H18FN3O2. The highest BCUT2D eigenvalue weighted by molar-refractivity contribution is 6.06. The average Bonchev–Trinajstić information content (AvgIpc) is 3.12. The summed E-state index contributed by atoms with van der Waals surface area (Å²) in [7, 11) is 0. The topological polar surface area (TPSA) is 55.6 Å². The van der Waals surface area contributed by atoms with Crippen molar-refractivity contribution in [3.8, 4) is 5.75 Å². The van der Waals surface area contributed by atoms with Gasteiger partial charge in [0.15, 0.2) is 0 Å². The predicted octanol–water partition coefficient (Wildman–Crippen LogP) is 4.61. The van der Waals surface area contributed by atoms with E-state index < -0.39 is 11.7 Å². The molecule has 0 spiro atoms. The Morgan fingerprint density at radius 3 is 2.82 bits per heavy atom. The van der Waals surface area contributed by atoms with Crippen LogP contribution in [0.4, 0.5) is 10.1 Å². The molecule has 0 aliphatic carbocycles. The van der Waals surface area contributed by atoms with Crippen LogP contribution in [-0.4, -0.2) is 15.3 Å². The summed E-state index contributed by atoms with van der Waals surface area (Å²) in [4.78, 5) is 17.2. The van der Waals surface area contributed by atoms with Gasteiger partial charge in [0.2, 0.25) is 0 Å². The number of pyridine rings is 1. The van der Waals surface area contributed by atoms with Crippen molar-refractivity contribution >= 4 is 17.2 Å². The Labute approximate surface area is 161 Å². The number of hydrogen-bond donors (Lipinski definition) is 1. The number of aryl methyl sites for hydroxylation is 1. The standard InChI is InChI=1S/C22H18FN3O2/c1-15-9-10-18(23)19(12-15)25-22(27)17-6-2-3-7-20(17)28-14-16-13-26-11-5-4-8-21(26)24-16/h2-13H,14H2,1H3,(H,25,27). The quantitative estimate of drug-likeness (QED) is 0.554. The van der Waals surface area contributed by atoms with E-state index in [0.29, 0.717) is 11.3 Å². The van der Waals surface area contributed by atoms with Crippen molar-refractivity contribution in [1.82, 2.24) is 9.38 Å². The van der Waals surface area contributed by atoms with Crippen LogP contribution in [0.25, 0.3) is 5.65 Å². The van der Waals surface area contributed by atoms with Crippen molar-refractivity contribution in [2.75, 3.05) is 5.32 Å². The Hall–Kier alpha value is -3.67. The van der Waals surface area contributed by atoms with Gasteiger partial charge in [0, 0.05) is 12.4 Å². The van der Waals surface area contributed by atoms with Crippen LogP contribution in [0.5, 0.6) is 5.75 Å². The Bertz CT molecular complexity index is 1120. The molecule has 0 aliphatic heterocycles. The Balaban J connectivity index is 1.52. The highest BCUT2D eigenvalue weighted by atomic mass is 19.1. The molecule has 0 saturated heterocycles. The number of halogens is 1. The lowest BCUT2D eigenvalue weighted by Crippen LogP contribution is -2.14. The van der Waals surface area contributed by atoms with Crippen molar-refractivity contribution in [2.24, 2.45) is 0 Å². The summed E-state index contributed by atoms with van der Waals surface area (Å²) < 4.78 is 21.7. The second-order valence-corrected chi connectivity index (χ2v) is 6.42. The normalized spacial score (nSPS) is 10.8. The van der Waals surface area contributed by atoms with Crippen molar-refractivity contribution in [1.29, 1.82) is 0 Å². The smallest absolute Gasteiger partial charge is 0.259 e. The maximum atomic E-state index is 14.0. The number of nitrogens with one attached hydrogen (secondary N) is 1. The lowest BCUT2D eigenvalue weighted by atomic mass is 10.1. The fourth-order valence-electron chi connectivity index (χ4n) is 2.91. The van der Waals surface area contributed by atoms with Crippen LogP contribution >= 0.6 is 0 Å². The van der Waals surface area contributed by atoms with E-state index in [1.807, 2.05) is 41.9 Å². The maximum absolute atomic E-state index is 14.0. The number of carbonyl (C=O) groups is 1. The zero-order valence-corrected chi connectivity index (χ0v) is 15.2. The summed E-state index contributed by atoms with van der Waals surface area (Å²) in [6.45, 7) is 2.05. The van der Waals surface area contributed by atoms with Gasteiger partial charge in [-0.1, -0.05) is 24.3 Å². The van der Waals surface area contributed by atoms with Crippen LogP contribution in [0.3, 0.4) is 0 Å². The number of para-hydroxylation sites is 1. The first kappa shape index (κ1) is 17.7. The van der Waals surface area contributed by atoms with Gasteiger partial charge in [-0.25, -0.2) is 9.37 Å². The summed E-state index contributed by atoms with van der Waals surface area (Å²) in [5, 5.41) is 2.61.